The van der Waals surface area contributed by atoms with Crippen LogP contribution in [-0.2, 0) is 16.6 Å². The van der Waals surface area contributed by atoms with Gasteiger partial charge < -0.3 is 9.88 Å². The van der Waals surface area contributed by atoms with Gasteiger partial charge in [0.15, 0.2) is 0 Å². The van der Waals surface area contributed by atoms with Crippen LogP contribution < -0.4 is 10.1 Å². The Labute approximate surface area is 122 Å². The van der Waals surface area contributed by atoms with E-state index in [4.69, 9.17) is 0 Å². The number of sulfonamides is 1. The van der Waals surface area contributed by atoms with Crippen LogP contribution in [0.1, 0.15) is 39.4 Å². The Morgan fingerprint density at radius 2 is 1.85 bits per heavy atom. The molecule has 0 unspecified atom stereocenters. The second kappa shape index (κ2) is 6.71. The Morgan fingerprint density at radius 3 is 2.30 bits per heavy atom. The van der Waals surface area contributed by atoms with E-state index in [1.165, 1.54) is 5.01 Å². The number of aromatic nitrogens is 1. The van der Waals surface area contributed by atoms with E-state index in [1.54, 1.807) is 26.4 Å². The average molecular weight is 302 g/mol. The molecule has 1 aromatic rings. The molecule has 0 radical (unpaired) electrons. The Morgan fingerprint density at radius 1 is 1.25 bits per heavy atom. The van der Waals surface area contributed by atoms with Gasteiger partial charge >= 0.3 is 0 Å². The molecule has 116 valence electrons. The zero-order chi connectivity index (χ0) is 15.5. The third-order valence-electron chi connectivity index (χ3n) is 2.77. The van der Waals surface area contributed by atoms with Gasteiger partial charge in [0.25, 0.3) is 10.0 Å². The molecule has 0 amide bonds. The molecule has 7 heteroatoms. The Balaban J connectivity index is 3.08. The lowest BCUT2D eigenvalue weighted by molar-refractivity contribution is 0.364. The van der Waals surface area contributed by atoms with Crippen LogP contribution in [0.4, 0.5) is 0 Å². The van der Waals surface area contributed by atoms with Crippen molar-refractivity contribution < 1.29 is 8.42 Å². The molecule has 0 fully saturated rings. The number of hydrogen-bond donors (Lipinski definition) is 2. The maximum atomic E-state index is 12.2. The van der Waals surface area contributed by atoms with Gasteiger partial charge in [-0.3, -0.25) is 0 Å². The van der Waals surface area contributed by atoms with E-state index in [2.05, 4.69) is 24.0 Å². The molecule has 0 bridgehead atoms. The van der Waals surface area contributed by atoms with Gasteiger partial charge in [0.05, 0.1) is 0 Å². The Bertz CT molecular complexity index is 533. The van der Waals surface area contributed by atoms with Crippen LogP contribution in [0.3, 0.4) is 0 Å². The summed E-state index contributed by atoms with van der Waals surface area (Å²) in [6, 6.07) is 2.29. The fourth-order valence-corrected chi connectivity index (χ4v) is 3.00. The van der Waals surface area contributed by atoms with Crippen LogP contribution in [0.25, 0.3) is 0 Å². The molecule has 0 saturated heterocycles. The number of hydrogen-bond acceptors (Lipinski definition) is 4. The monoisotopic (exact) mass is 302 g/mol. The van der Waals surface area contributed by atoms with Crippen LogP contribution in [0.5, 0.6) is 0 Å². The van der Waals surface area contributed by atoms with Gasteiger partial charge in [0.1, 0.15) is 4.90 Å². The normalized spacial score (nSPS) is 12.8. The predicted molar refractivity (Wildman–Crippen MR) is 80.8 cm³/mol. The molecular formula is C13H26N4O2S. The molecule has 6 nitrogen and oxygen atoms in total. The average Bonchev–Trinajstić information content (AvgIpc) is 2.69. The van der Waals surface area contributed by atoms with Gasteiger partial charge in [-0.1, -0.05) is 13.8 Å². The maximum Gasteiger partial charge on any atom is 0.254 e. The van der Waals surface area contributed by atoms with Crippen molar-refractivity contribution in [2.75, 3.05) is 14.1 Å². The van der Waals surface area contributed by atoms with Crippen LogP contribution in [-0.4, -0.2) is 38.1 Å². The SMILES string of the molecule is CC(C)NCc1cc(S(=O)(=O)NN(C)C)cn1C(C)C. The van der Waals surface area contributed by atoms with Crippen LogP contribution >= 0.6 is 0 Å². The fourth-order valence-electron chi connectivity index (χ4n) is 1.87. The van der Waals surface area contributed by atoms with Gasteiger partial charge in [0.2, 0.25) is 0 Å². The standard InChI is InChI=1S/C13H26N4O2S/c1-10(2)14-8-12-7-13(9-17(12)11(3)4)20(18,19)15-16(5)6/h7,9-11,14-15H,8H2,1-6H3. The van der Waals surface area contributed by atoms with E-state index >= 15 is 0 Å². The number of hydrazine groups is 1. The number of nitrogens with one attached hydrogen (secondary N) is 2. The zero-order valence-corrected chi connectivity index (χ0v) is 14.0. The first-order valence-corrected chi connectivity index (χ1v) is 8.25. The van der Waals surface area contributed by atoms with E-state index in [0.717, 1.165) is 5.69 Å². The Hall–Kier alpha value is -0.890. The molecule has 0 saturated carbocycles. The summed E-state index contributed by atoms with van der Waals surface area (Å²) in [4.78, 5) is 2.74. The largest absolute Gasteiger partial charge is 0.346 e. The van der Waals surface area contributed by atoms with E-state index in [1.807, 2.05) is 18.4 Å². The highest BCUT2D eigenvalue weighted by molar-refractivity contribution is 7.89. The third kappa shape index (κ3) is 4.59. The van der Waals surface area contributed by atoms with Crippen molar-refractivity contribution in [1.82, 2.24) is 19.7 Å². The Kier molecular flexibility index (Phi) is 5.76. The van der Waals surface area contributed by atoms with Crippen LogP contribution in [0.15, 0.2) is 17.2 Å². The molecule has 1 rings (SSSR count). The van der Waals surface area contributed by atoms with Crippen LogP contribution in [0, 0.1) is 0 Å². The first-order valence-electron chi connectivity index (χ1n) is 6.77. The van der Waals surface area contributed by atoms with Crippen molar-refractivity contribution >= 4 is 10.0 Å². The highest BCUT2D eigenvalue weighted by Gasteiger charge is 2.20. The molecule has 0 aromatic carbocycles. The summed E-state index contributed by atoms with van der Waals surface area (Å²) in [5.41, 5.74) is 0.966. The summed E-state index contributed by atoms with van der Waals surface area (Å²) in [5.74, 6) is 0. The number of nitrogens with zero attached hydrogens (tertiary/aromatic N) is 2. The van der Waals surface area contributed by atoms with Gasteiger partial charge in [-0.25, -0.2) is 13.4 Å². The van der Waals surface area contributed by atoms with Crippen molar-refractivity contribution in [2.24, 2.45) is 0 Å². The zero-order valence-electron chi connectivity index (χ0n) is 13.1. The van der Waals surface area contributed by atoms with Crippen molar-refractivity contribution in [1.29, 1.82) is 0 Å². The second-order valence-electron chi connectivity index (χ2n) is 5.69. The summed E-state index contributed by atoms with van der Waals surface area (Å²) in [5, 5.41) is 4.74. The molecule has 1 aromatic heterocycles. The van der Waals surface area contributed by atoms with E-state index in [9.17, 15) is 8.42 Å². The molecule has 0 aliphatic heterocycles. The summed E-state index contributed by atoms with van der Waals surface area (Å²) < 4.78 is 26.4. The quantitative estimate of drug-likeness (QED) is 0.746. The van der Waals surface area contributed by atoms with E-state index < -0.39 is 10.0 Å². The molecular weight excluding hydrogens is 276 g/mol. The van der Waals surface area contributed by atoms with Gasteiger partial charge in [0, 0.05) is 44.6 Å². The smallest absolute Gasteiger partial charge is 0.254 e. The van der Waals surface area contributed by atoms with E-state index in [0.29, 0.717) is 17.5 Å². The van der Waals surface area contributed by atoms with Gasteiger partial charge in [-0.15, -0.1) is 4.83 Å². The minimum absolute atomic E-state index is 0.210. The fraction of sp³-hybridized carbons (Fsp3) is 0.692. The lowest BCUT2D eigenvalue weighted by atomic mass is 10.3. The van der Waals surface area contributed by atoms with Crippen LogP contribution in [0.2, 0.25) is 0 Å². The molecule has 2 N–H and O–H groups in total. The van der Waals surface area contributed by atoms with Gasteiger partial charge in [-0.05, 0) is 19.9 Å². The second-order valence-corrected chi connectivity index (χ2v) is 7.35. The molecule has 1 heterocycles. The van der Waals surface area contributed by atoms with E-state index in [-0.39, 0.29) is 6.04 Å². The van der Waals surface area contributed by atoms with Gasteiger partial charge in [-0.2, -0.15) is 0 Å². The lowest BCUT2D eigenvalue weighted by Crippen LogP contribution is -2.35. The lowest BCUT2D eigenvalue weighted by Gasteiger charge is -2.14. The maximum absolute atomic E-state index is 12.2. The molecule has 20 heavy (non-hydrogen) atoms. The minimum Gasteiger partial charge on any atom is -0.346 e. The highest BCUT2D eigenvalue weighted by atomic mass is 32.2. The first-order chi connectivity index (χ1) is 9.13. The molecule has 0 aliphatic rings. The highest BCUT2D eigenvalue weighted by Crippen LogP contribution is 2.19. The summed E-state index contributed by atoms with van der Waals surface area (Å²) in [7, 11) is -0.204. The molecule has 0 spiro atoms. The predicted octanol–water partition coefficient (Wildman–Crippen LogP) is 1.32. The summed E-state index contributed by atoms with van der Waals surface area (Å²) in [6.45, 7) is 8.85. The van der Waals surface area contributed by atoms with Crippen molar-refractivity contribution in [2.45, 2.75) is 51.2 Å². The molecule has 0 atom stereocenters. The van der Waals surface area contributed by atoms with Crippen molar-refractivity contribution in [3.8, 4) is 0 Å². The third-order valence-corrected chi connectivity index (χ3v) is 4.22. The van der Waals surface area contributed by atoms with Crippen molar-refractivity contribution in [3.05, 3.63) is 18.0 Å². The molecule has 0 aliphatic carbocycles. The minimum atomic E-state index is -3.51. The summed E-state index contributed by atoms with van der Waals surface area (Å²) >= 11 is 0. The number of rotatable bonds is 7. The summed E-state index contributed by atoms with van der Waals surface area (Å²) in [6.07, 6.45) is 1.69. The van der Waals surface area contributed by atoms with Crippen molar-refractivity contribution in [3.63, 3.8) is 0 Å². The topological polar surface area (TPSA) is 66.4 Å². The first kappa shape index (κ1) is 17.2.